The SMILES string of the molecule is C=CCN(Cc1ccccc1CNC1CC1)C1CC1. The van der Waals surface area contributed by atoms with Crippen LogP contribution < -0.4 is 5.32 Å². The molecule has 0 unspecified atom stereocenters. The lowest BCUT2D eigenvalue weighted by molar-refractivity contribution is 0.283. The maximum Gasteiger partial charge on any atom is 0.0243 e. The molecule has 19 heavy (non-hydrogen) atoms. The van der Waals surface area contributed by atoms with Crippen LogP contribution in [0.1, 0.15) is 36.8 Å². The molecule has 2 heteroatoms. The zero-order valence-electron chi connectivity index (χ0n) is 11.6. The van der Waals surface area contributed by atoms with Gasteiger partial charge in [0.25, 0.3) is 0 Å². The third kappa shape index (κ3) is 3.68. The van der Waals surface area contributed by atoms with Crippen molar-refractivity contribution in [2.24, 2.45) is 0 Å². The van der Waals surface area contributed by atoms with E-state index in [-0.39, 0.29) is 0 Å². The molecule has 2 aliphatic rings. The van der Waals surface area contributed by atoms with Crippen LogP contribution in [-0.2, 0) is 13.1 Å². The molecule has 0 spiro atoms. The first-order valence-corrected chi connectivity index (χ1v) is 7.52. The maximum absolute atomic E-state index is 3.89. The Morgan fingerprint density at radius 2 is 1.89 bits per heavy atom. The predicted molar refractivity (Wildman–Crippen MR) is 79.9 cm³/mol. The molecule has 2 fully saturated rings. The summed E-state index contributed by atoms with van der Waals surface area (Å²) in [5.74, 6) is 0. The molecule has 0 radical (unpaired) electrons. The summed E-state index contributed by atoms with van der Waals surface area (Å²) in [5, 5.41) is 3.62. The molecular formula is C17H24N2. The molecule has 0 heterocycles. The Hall–Kier alpha value is -1.12. The summed E-state index contributed by atoms with van der Waals surface area (Å²) in [6, 6.07) is 10.4. The van der Waals surface area contributed by atoms with Crippen LogP contribution in [0.25, 0.3) is 0 Å². The van der Waals surface area contributed by atoms with Gasteiger partial charge >= 0.3 is 0 Å². The van der Waals surface area contributed by atoms with E-state index in [4.69, 9.17) is 0 Å². The average molecular weight is 256 g/mol. The van der Waals surface area contributed by atoms with Crippen LogP contribution in [0, 0.1) is 0 Å². The summed E-state index contributed by atoms with van der Waals surface area (Å²) in [6.45, 7) is 6.99. The quantitative estimate of drug-likeness (QED) is 0.719. The van der Waals surface area contributed by atoms with Crippen LogP contribution in [-0.4, -0.2) is 23.5 Å². The first-order chi connectivity index (χ1) is 9.36. The van der Waals surface area contributed by atoms with Gasteiger partial charge in [-0.25, -0.2) is 0 Å². The minimum atomic E-state index is 0.778. The molecule has 3 rings (SSSR count). The van der Waals surface area contributed by atoms with E-state index in [9.17, 15) is 0 Å². The van der Waals surface area contributed by atoms with Crippen molar-refractivity contribution >= 4 is 0 Å². The van der Waals surface area contributed by atoms with Gasteiger partial charge in [0.1, 0.15) is 0 Å². The van der Waals surface area contributed by atoms with Crippen LogP contribution in [0.15, 0.2) is 36.9 Å². The highest BCUT2D eigenvalue weighted by Gasteiger charge is 2.28. The standard InChI is InChI=1S/C17H24N2/c1-2-11-19(17-9-10-17)13-15-6-4-3-5-14(15)12-18-16-7-8-16/h2-6,16-18H,1,7-13H2. The Morgan fingerprint density at radius 3 is 2.53 bits per heavy atom. The second kappa shape index (κ2) is 5.89. The van der Waals surface area contributed by atoms with Crippen molar-refractivity contribution in [2.75, 3.05) is 6.54 Å². The number of hydrogen-bond acceptors (Lipinski definition) is 2. The summed E-state index contributed by atoms with van der Waals surface area (Å²) in [4.78, 5) is 2.56. The highest BCUT2D eigenvalue weighted by Crippen LogP contribution is 2.29. The van der Waals surface area contributed by atoms with Crippen LogP contribution in [0.4, 0.5) is 0 Å². The van der Waals surface area contributed by atoms with Gasteiger partial charge in [-0.05, 0) is 36.8 Å². The molecule has 0 aliphatic heterocycles. The van der Waals surface area contributed by atoms with E-state index in [0.717, 1.165) is 31.7 Å². The average Bonchev–Trinajstić information content (AvgIpc) is 3.30. The monoisotopic (exact) mass is 256 g/mol. The molecule has 0 atom stereocenters. The fourth-order valence-corrected chi connectivity index (χ4v) is 2.59. The molecule has 0 bridgehead atoms. The van der Waals surface area contributed by atoms with Crippen molar-refractivity contribution in [1.82, 2.24) is 10.2 Å². The molecule has 0 amide bonds. The highest BCUT2D eigenvalue weighted by atomic mass is 15.2. The zero-order valence-corrected chi connectivity index (χ0v) is 11.6. The third-order valence-electron chi connectivity index (χ3n) is 4.08. The van der Waals surface area contributed by atoms with Gasteiger partial charge in [0, 0.05) is 31.7 Å². The van der Waals surface area contributed by atoms with Crippen molar-refractivity contribution in [3.05, 3.63) is 48.0 Å². The van der Waals surface area contributed by atoms with Gasteiger partial charge in [-0.1, -0.05) is 30.3 Å². The second-order valence-electron chi connectivity index (χ2n) is 5.87. The van der Waals surface area contributed by atoms with Crippen molar-refractivity contribution in [2.45, 2.75) is 50.9 Å². The molecule has 102 valence electrons. The van der Waals surface area contributed by atoms with Gasteiger partial charge in [-0.2, -0.15) is 0 Å². The van der Waals surface area contributed by atoms with Crippen molar-refractivity contribution in [3.8, 4) is 0 Å². The van der Waals surface area contributed by atoms with Crippen molar-refractivity contribution in [1.29, 1.82) is 0 Å². The summed E-state index contributed by atoms with van der Waals surface area (Å²) < 4.78 is 0. The lowest BCUT2D eigenvalue weighted by atomic mass is 10.1. The van der Waals surface area contributed by atoms with E-state index in [1.807, 2.05) is 6.08 Å². The summed E-state index contributed by atoms with van der Waals surface area (Å²) in [6.07, 6.45) is 7.45. The molecule has 1 N–H and O–H groups in total. The maximum atomic E-state index is 3.89. The fraction of sp³-hybridized carbons (Fsp3) is 0.529. The Labute approximate surface area is 116 Å². The molecule has 0 aromatic heterocycles. The topological polar surface area (TPSA) is 15.3 Å². The van der Waals surface area contributed by atoms with Gasteiger partial charge in [-0.15, -0.1) is 6.58 Å². The normalized spacial score (nSPS) is 18.8. The lowest BCUT2D eigenvalue weighted by Gasteiger charge is -2.22. The second-order valence-corrected chi connectivity index (χ2v) is 5.87. The molecule has 1 aromatic carbocycles. The van der Waals surface area contributed by atoms with E-state index in [0.29, 0.717) is 0 Å². The molecule has 0 saturated heterocycles. The molecule has 2 saturated carbocycles. The van der Waals surface area contributed by atoms with E-state index < -0.39 is 0 Å². The number of nitrogens with one attached hydrogen (secondary N) is 1. The highest BCUT2D eigenvalue weighted by molar-refractivity contribution is 5.27. The minimum Gasteiger partial charge on any atom is -0.310 e. The van der Waals surface area contributed by atoms with E-state index in [1.165, 1.54) is 36.8 Å². The van der Waals surface area contributed by atoms with Gasteiger partial charge < -0.3 is 5.32 Å². The van der Waals surface area contributed by atoms with Crippen LogP contribution in [0.5, 0.6) is 0 Å². The Morgan fingerprint density at radius 1 is 1.16 bits per heavy atom. The molecular weight excluding hydrogens is 232 g/mol. The van der Waals surface area contributed by atoms with E-state index in [2.05, 4.69) is 41.1 Å². The van der Waals surface area contributed by atoms with Crippen LogP contribution >= 0.6 is 0 Å². The number of rotatable bonds is 8. The fourth-order valence-electron chi connectivity index (χ4n) is 2.59. The Bertz CT molecular complexity index is 433. The molecule has 2 nitrogen and oxygen atoms in total. The van der Waals surface area contributed by atoms with Gasteiger partial charge in [-0.3, -0.25) is 4.90 Å². The van der Waals surface area contributed by atoms with Gasteiger partial charge in [0.05, 0.1) is 0 Å². The van der Waals surface area contributed by atoms with E-state index in [1.54, 1.807) is 0 Å². The zero-order chi connectivity index (χ0) is 13.1. The summed E-state index contributed by atoms with van der Waals surface area (Å²) in [7, 11) is 0. The van der Waals surface area contributed by atoms with Gasteiger partial charge in [0.2, 0.25) is 0 Å². The largest absolute Gasteiger partial charge is 0.310 e. The Balaban J connectivity index is 1.65. The number of benzene rings is 1. The first kappa shape index (κ1) is 12.9. The summed E-state index contributed by atoms with van der Waals surface area (Å²) >= 11 is 0. The van der Waals surface area contributed by atoms with Crippen LogP contribution in [0.3, 0.4) is 0 Å². The summed E-state index contributed by atoms with van der Waals surface area (Å²) in [5.41, 5.74) is 2.94. The van der Waals surface area contributed by atoms with E-state index >= 15 is 0 Å². The number of hydrogen-bond donors (Lipinski definition) is 1. The van der Waals surface area contributed by atoms with Crippen molar-refractivity contribution in [3.63, 3.8) is 0 Å². The minimum absolute atomic E-state index is 0.778. The van der Waals surface area contributed by atoms with Crippen molar-refractivity contribution < 1.29 is 0 Å². The predicted octanol–water partition coefficient (Wildman–Crippen LogP) is 3.09. The lowest BCUT2D eigenvalue weighted by Crippen LogP contribution is -2.26. The smallest absolute Gasteiger partial charge is 0.0243 e. The van der Waals surface area contributed by atoms with Gasteiger partial charge in [0.15, 0.2) is 0 Å². The molecule has 1 aromatic rings. The first-order valence-electron chi connectivity index (χ1n) is 7.52. The Kier molecular flexibility index (Phi) is 4.00. The number of nitrogens with zero attached hydrogens (tertiary/aromatic N) is 1. The van der Waals surface area contributed by atoms with Crippen LogP contribution in [0.2, 0.25) is 0 Å². The molecule has 2 aliphatic carbocycles. The third-order valence-corrected chi connectivity index (χ3v) is 4.08.